The third-order valence-corrected chi connectivity index (χ3v) is 5.87. The summed E-state index contributed by atoms with van der Waals surface area (Å²) in [6, 6.07) is 3.00. The van der Waals surface area contributed by atoms with Gasteiger partial charge in [0.25, 0.3) is 0 Å². The number of hydrogen-bond donors (Lipinski definition) is 0. The van der Waals surface area contributed by atoms with Gasteiger partial charge < -0.3 is 4.74 Å². The number of ether oxygens (including phenoxy) is 1. The van der Waals surface area contributed by atoms with Crippen LogP contribution >= 0.6 is 27.7 Å². The molecule has 7 heteroatoms. The van der Waals surface area contributed by atoms with Crippen LogP contribution in [0.25, 0.3) is 0 Å². The van der Waals surface area contributed by atoms with Gasteiger partial charge in [0.2, 0.25) is 5.91 Å². The molecular weight excluding hydrogens is 418 g/mol. The summed E-state index contributed by atoms with van der Waals surface area (Å²) in [5.41, 5.74) is 2.40. The van der Waals surface area contributed by atoms with E-state index in [1.807, 2.05) is 32.9 Å². The number of thioether (sulfide) groups is 1. The molecule has 26 heavy (non-hydrogen) atoms. The van der Waals surface area contributed by atoms with E-state index in [0.29, 0.717) is 12.1 Å². The Labute approximate surface area is 168 Å². The van der Waals surface area contributed by atoms with E-state index in [4.69, 9.17) is 4.74 Å². The highest BCUT2D eigenvalue weighted by Gasteiger charge is 2.31. The molecule has 0 saturated heterocycles. The SMILES string of the molecule is CCCCC(=O)SCC(=O)N(c1c(C)ccc(Br)c1C)C(C)C(=O)OC. The number of nitrogens with zero attached hydrogens (tertiary/aromatic N) is 1. The van der Waals surface area contributed by atoms with Crippen molar-refractivity contribution in [3.63, 3.8) is 0 Å². The van der Waals surface area contributed by atoms with E-state index in [-0.39, 0.29) is 16.8 Å². The van der Waals surface area contributed by atoms with Crippen LogP contribution in [0.5, 0.6) is 0 Å². The van der Waals surface area contributed by atoms with Crippen molar-refractivity contribution in [3.8, 4) is 0 Å². The van der Waals surface area contributed by atoms with Gasteiger partial charge in [-0.2, -0.15) is 0 Å². The van der Waals surface area contributed by atoms with Gasteiger partial charge >= 0.3 is 5.97 Å². The van der Waals surface area contributed by atoms with E-state index in [2.05, 4.69) is 15.9 Å². The molecule has 0 spiro atoms. The fourth-order valence-corrected chi connectivity index (χ4v) is 3.63. The molecule has 1 rings (SSSR count). The van der Waals surface area contributed by atoms with Crippen LogP contribution in [0.15, 0.2) is 16.6 Å². The maximum absolute atomic E-state index is 12.9. The van der Waals surface area contributed by atoms with Crippen LogP contribution in [0, 0.1) is 13.8 Å². The molecule has 0 fully saturated rings. The predicted molar refractivity (Wildman–Crippen MR) is 110 cm³/mol. The Morgan fingerprint density at radius 1 is 1.27 bits per heavy atom. The summed E-state index contributed by atoms with van der Waals surface area (Å²) in [5, 5.41) is -0.00597. The minimum absolute atomic E-state index is 0.00469. The van der Waals surface area contributed by atoms with Gasteiger partial charge in [-0.15, -0.1) is 0 Å². The number of hydrogen-bond acceptors (Lipinski definition) is 5. The number of amides is 1. The van der Waals surface area contributed by atoms with Gasteiger partial charge in [-0.3, -0.25) is 14.5 Å². The fourth-order valence-electron chi connectivity index (χ4n) is 2.60. The van der Waals surface area contributed by atoms with E-state index < -0.39 is 12.0 Å². The maximum Gasteiger partial charge on any atom is 0.328 e. The minimum atomic E-state index is -0.787. The highest BCUT2D eigenvalue weighted by Crippen LogP contribution is 2.32. The first-order valence-corrected chi connectivity index (χ1v) is 10.3. The first kappa shape index (κ1) is 22.7. The molecule has 0 bridgehead atoms. The van der Waals surface area contributed by atoms with Crippen molar-refractivity contribution in [2.75, 3.05) is 17.8 Å². The molecule has 144 valence electrons. The number of aryl methyl sites for hydroxylation is 1. The molecule has 0 heterocycles. The van der Waals surface area contributed by atoms with Gasteiger partial charge in [0.1, 0.15) is 6.04 Å². The molecule has 1 aromatic carbocycles. The lowest BCUT2D eigenvalue weighted by Gasteiger charge is -2.30. The summed E-state index contributed by atoms with van der Waals surface area (Å²) >= 11 is 4.48. The Morgan fingerprint density at radius 3 is 2.50 bits per heavy atom. The summed E-state index contributed by atoms with van der Waals surface area (Å²) < 4.78 is 5.68. The molecule has 1 aromatic rings. The zero-order valence-electron chi connectivity index (χ0n) is 15.9. The smallest absolute Gasteiger partial charge is 0.328 e. The molecule has 1 unspecified atom stereocenters. The highest BCUT2D eigenvalue weighted by atomic mass is 79.9. The second kappa shape index (κ2) is 10.7. The second-order valence-electron chi connectivity index (χ2n) is 6.07. The van der Waals surface area contributed by atoms with Crippen LogP contribution < -0.4 is 4.90 Å². The number of unbranched alkanes of at least 4 members (excludes halogenated alkanes) is 1. The zero-order valence-corrected chi connectivity index (χ0v) is 18.3. The van der Waals surface area contributed by atoms with Crippen LogP contribution in [0.4, 0.5) is 5.69 Å². The molecule has 0 aliphatic rings. The Morgan fingerprint density at radius 2 is 1.92 bits per heavy atom. The summed E-state index contributed by atoms with van der Waals surface area (Å²) in [6.07, 6.45) is 2.20. The normalized spacial score (nSPS) is 11.8. The average Bonchev–Trinajstić information content (AvgIpc) is 2.63. The van der Waals surface area contributed by atoms with E-state index in [1.165, 1.54) is 12.0 Å². The molecule has 0 saturated carbocycles. The standard InChI is InChI=1S/C19H26BrNO4S/c1-6-7-8-17(23)26-11-16(22)21(14(4)19(24)25-5)18-12(2)9-10-15(20)13(18)3/h9-10,14H,6-8,11H2,1-5H3. The Balaban J connectivity index is 3.15. The number of rotatable bonds is 8. The zero-order chi connectivity index (χ0) is 19.9. The lowest BCUT2D eigenvalue weighted by molar-refractivity contribution is -0.142. The molecule has 1 amide bonds. The van der Waals surface area contributed by atoms with Gasteiger partial charge in [0, 0.05) is 10.9 Å². The first-order chi connectivity index (χ1) is 12.2. The van der Waals surface area contributed by atoms with E-state index in [0.717, 1.165) is 40.2 Å². The number of halogens is 1. The maximum atomic E-state index is 12.9. The topological polar surface area (TPSA) is 63.7 Å². The van der Waals surface area contributed by atoms with Gasteiger partial charge in [-0.1, -0.05) is 47.1 Å². The number of carbonyl (C=O) groups is 3. The number of esters is 1. The number of benzene rings is 1. The molecule has 0 aliphatic heterocycles. The lowest BCUT2D eigenvalue weighted by atomic mass is 10.1. The summed E-state index contributed by atoms with van der Waals surface area (Å²) in [6.45, 7) is 7.42. The van der Waals surface area contributed by atoms with Crippen molar-refractivity contribution in [3.05, 3.63) is 27.7 Å². The van der Waals surface area contributed by atoms with Crippen molar-refractivity contribution in [1.29, 1.82) is 0 Å². The van der Waals surface area contributed by atoms with Crippen LogP contribution in [0.1, 0.15) is 44.2 Å². The molecule has 0 aromatic heterocycles. The Kier molecular flexibility index (Phi) is 9.36. The molecule has 1 atom stereocenters. The summed E-state index contributed by atoms with van der Waals surface area (Å²) in [4.78, 5) is 38.4. The van der Waals surface area contributed by atoms with Crippen molar-refractivity contribution in [2.24, 2.45) is 0 Å². The number of carbonyl (C=O) groups excluding carboxylic acids is 3. The molecule has 0 radical (unpaired) electrons. The van der Waals surface area contributed by atoms with E-state index >= 15 is 0 Å². The van der Waals surface area contributed by atoms with Crippen molar-refractivity contribution in [1.82, 2.24) is 0 Å². The third-order valence-electron chi connectivity index (χ3n) is 4.10. The highest BCUT2D eigenvalue weighted by molar-refractivity contribution is 9.10. The van der Waals surface area contributed by atoms with Crippen molar-refractivity contribution in [2.45, 2.75) is 53.0 Å². The molecule has 0 aliphatic carbocycles. The van der Waals surface area contributed by atoms with E-state index in [9.17, 15) is 14.4 Å². The quantitative estimate of drug-likeness (QED) is 0.556. The van der Waals surface area contributed by atoms with Crippen molar-refractivity contribution >= 4 is 50.4 Å². The van der Waals surface area contributed by atoms with Crippen LogP contribution in [-0.4, -0.2) is 35.9 Å². The molecule has 5 nitrogen and oxygen atoms in total. The monoisotopic (exact) mass is 443 g/mol. The Hall–Kier alpha value is -1.34. The van der Waals surface area contributed by atoms with Crippen LogP contribution in [-0.2, 0) is 19.1 Å². The van der Waals surface area contributed by atoms with Crippen LogP contribution in [0.3, 0.4) is 0 Å². The Bertz CT molecular complexity index is 678. The van der Waals surface area contributed by atoms with Gasteiger partial charge in [0.15, 0.2) is 5.12 Å². The molecule has 0 N–H and O–H groups in total. The largest absolute Gasteiger partial charge is 0.467 e. The fraction of sp³-hybridized carbons (Fsp3) is 0.526. The number of methoxy groups -OCH3 is 1. The third kappa shape index (κ3) is 5.84. The number of anilines is 1. The van der Waals surface area contributed by atoms with Gasteiger partial charge in [0.05, 0.1) is 18.6 Å². The van der Waals surface area contributed by atoms with Crippen LogP contribution in [0.2, 0.25) is 0 Å². The second-order valence-corrected chi connectivity index (χ2v) is 7.95. The summed E-state index contributed by atoms with van der Waals surface area (Å²) in [5.74, 6) is -0.795. The van der Waals surface area contributed by atoms with Gasteiger partial charge in [-0.25, -0.2) is 4.79 Å². The lowest BCUT2D eigenvalue weighted by Crippen LogP contribution is -2.45. The molecular formula is C19H26BrNO4S. The van der Waals surface area contributed by atoms with E-state index in [1.54, 1.807) is 6.92 Å². The first-order valence-electron chi connectivity index (χ1n) is 8.55. The average molecular weight is 444 g/mol. The van der Waals surface area contributed by atoms with Crippen molar-refractivity contribution < 1.29 is 19.1 Å². The summed E-state index contributed by atoms with van der Waals surface area (Å²) in [7, 11) is 1.30. The predicted octanol–water partition coefficient (Wildman–Crippen LogP) is 4.41. The minimum Gasteiger partial charge on any atom is -0.467 e. The van der Waals surface area contributed by atoms with Gasteiger partial charge in [-0.05, 0) is 44.4 Å².